The fraction of sp³-hybridized carbons (Fsp3) is 0.706. The van der Waals surface area contributed by atoms with Gasteiger partial charge in [-0.15, -0.1) is 24.0 Å². The third-order valence-electron chi connectivity index (χ3n) is 5.03. The van der Waals surface area contributed by atoms with E-state index in [1.807, 2.05) is 13.1 Å². The van der Waals surface area contributed by atoms with Gasteiger partial charge in [-0.2, -0.15) is 0 Å². The van der Waals surface area contributed by atoms with Crippen molar-refractivity contribution in [2.75, 3.05) is 65.0 Å². The quantitative estimate of drug-likeness (QED) is 0.395. The van der Waals surface area contributed by atoms with Gasteiger partial charge < -0.3 is 24.6 Å². The van der Waals surface area contributed by atoms with Crippen LogP contribution in [0.15, 0.2) is 23.5 Å². The number of nitrogens with zero attached hydrogens (tertiary/aromatic N) is 5. The minimum Gasteiger partial charge on any atom is -0.381 e. The molecule has 1 N–H and O–H groups in total. The lowest BCUT2D eigenvalue weighted by molar-refractivity contribution is -0.0857. The standard InChI is InChI=1S/C17H28N6O2.HI/c1-18-15(21-14-17(24-2)4-12-25-13-5-17)22-8-10-23(11-9-22)16-19-6-3-7-20-16;/h3,6-7H,4-5,8-14H2,1-2H3,(H,18,21);1H. The smallest absolute Gasteiger partial charge is 0.225 e. The average Bonchev–Trinajstić information content (AvgIpc) is 2.70. The first-order chi connectivity index (χ1) is 12.3. The van der Waals surface area contributed by atoms with Gasteiger partial charge in [-0.1, -0.05) is 0 Å². The molecular formula is C17H29IN6O2. The normalized spacial score (nSPS) is 20.5. The molecule has 8 nitrogen and oxygen atoms in total. The molecule has 0 atom stereocenters. The van der Waals surface area contributed by atoms with Crippen LogP contribution in [0.5, 0.6) is 0 Å². The molecule has 0 unspecified atom stereocenters. The first-order valence-electron chi connectivity index (χ1n) is 8.87. The maximum Gasteiger partial charge on any atom is 0.225 e. The molecule has 26 heavy (non-hydrogen) atoms. The van der Waals surface area contributed by atoms with Crippen LogP contribution in [-0.2, 0) is 9.47 Å². The van der Waals surface area contributed by atoms with E-state index in [9.17, 15) is 0 Å². The minimum atomic E-state index is -0.159. The van der Waals surface area contributed by atoms with E-state index >= 15 is 0 Å². The van der Waals surface area contributed by atoms with Crippen LogP contribution in [0.4, 0.5) is 5.95 Å². The van der Waals surface area contributed by atoms with Crippen LogP contribution < -0.4 is 10.2 Å². The summed E-state index contributed by atoms with van der Waals surface area (Å²) in [6.45, 7) is 5.80. The third kappa shape index (κ3) is 5.17. The van der Waals surface area contributed by atoms with Crippen LogP contribution in [0.25, 0.3) is 0 Å². The topological polar surface area (TPSA) is 75.1 Å². The highest BCUT2D eigenvalue weighted by molar-refractivity contribution is 14.0. The summed E-state index contributed by atoms with van der Waals surface area (Å²) in [6.07, 6.45) is 5.39. The molecule has 1 aromatic heterocycles. The molecule has 1 aromatic rings. The van der Waals surface area contributed by atoms with Crippen molar-refractivity contribution >= 4 is 35.9 Å². The highest BCUT2D eigenvalue weighted by Gasteiger charge is 2.33. The molecule has 2 fully saturated rings. The van der Waals surface area contributed by atoms with Crippen molar-refractivity contribution in [2.24, 2.45) is 4.99 Å². The van der Waals surface area contributed by atoms with E-state index in [0.717, 1.165) is 70.7 Å². The van der Waals surface area contributed by atoms with Gasteiger partial charge >= 0.3 is 0 Å². The molecule has 0 saturated carbocycles. The number of ether oxygens (including phenoxy) is 2. The van der Waals surface area contributed by atoms with Crippen LogP contribution in [0.3, 0.4) is 0 Å². The van der Waals surface area contributed by atoms with Gasteiger partial charge in [0.25, 0.3) is 0 Å². The number of anilines is 1. The Labute approximate surface area is 172 Å². The number of piperazine rings is 1. The molecule has 0 aliphatic carbocycles. The summed E-state index contributed by atoms with van der Waals surface area (Å²) in [4.78, 5) is 17.6. The van der Waals surface area contributed by atoms with E-state index in [1.54, 1.807) is 19.5 Å². The third-order valence-corrected chi connectivity index (χ3v) is 5.03. The molecule has 9 heteroatoms. The molecule has 2 saturated heterocycles. The fourth-order valence-corrected chi connectivity index (χ4v) is 3.34. The molecule has 0 amide bonds. The Hall–Kier alpha value is -1.20. The summed E-state index contributed by atoms with van der Waals surface area (Å²) in [5.74, 6) is 1.72. The van der Waals surface area contributed by atoms with Crippen molar-refractivity contribution in [1.82, 2.24) is 20.2 Å². The Balaban J connectivity index is 0.00000243. The second-order valence-corrected chi connectivity index (χ2v) is 6.42. The van der Waals surface area contributed by atoms with Gasteiger partial charge in [-0.05, 0) is 6.07 Å². The van der Waals surface area contributed by atoms with Crippen molar-refractivity contribution in [3.63, 3.8) is 0 Å². The zero-order valence-corrected chi connectivity index (χ0v) is 17.9. The van der Waals surface area contributed by atoms with Gasteiger partial charge in [0.1, 0.15) is 0 Å². The summed E-state index contributed by atoms with van der Waals surface area (Å²) in [7, 11) is 3.62. The van der Waals surface area contributed by atoms with Gasteiger partial charge in [0.2, 0.25) is 5.95 Å². The Morgan fingerprint density at radius 2 is 1.88 bits per heavy atom. The molecule has 0 aromatic carbocycles. The van der Waals surface area contributed by atoms with Gasteiger partial charge in [0.05, 0.1) is 5.60 Å². The Morgan fingerprint density at radius 1 is 1.23 bits per heavy atom. The summed E-state index contributed by atoms with van der Waals surface area (Å²) >= 11 is 0. The van der Waals surface area contributed by atoms with Crippen LogP contribution in [0.2, 0.25) is 0 Å². The summed E-state index contributed by atoms with van der Waals surface area (Å²) in [5, 5.41) is 3.50. The van der Waals surface area contributed by atoms with E-state index in [4.69, 9.17) is 9.47 Å². The first-order valence-corrected chi connectivity index (χ1v) is 8.87. The van der Waals surface area contributed by atoms with Crippen LogP contribution in [-0.4, -0.2) is 86.5 Å². The molecule has 0 bridgehead atoms. The predicted octanol–water partition coefficient (Wildman–Crippen LogP) is 0.988. The van der Waals surface area contributed by atoms with E-state index in [0.29, 0.717) is 0 Å². The lowest BCUT2D eigenvalue weighted by Crippen LogP contribution is -2.56. The largest absolute Gasteiger partial charge is 0.381 e. The maximum absolute atomic E-state index is 5.80. The lowest BCUT2D eigenvalue weighted by Gasteiger charge is -2.39. The summed E-state index contributed by atoms with van der Waals surface area (Å²) in [5.41, 5.74) is -0.159. The summed E-state index contributed by atoms with van der Waals surface area (Å²) < 4.78 is 11.3. The average molecular weight is 476 g/mol. The second kappa shape index (κ2) is 10.2. The van der Waals surface area contributed by atoms with Crippen LogP contribution in [0.1, 0.15) is 12.8 Å². The molecular weight excluding hydrogens is 447 g/mol. The second-order valence-electron chi connectivity index (χ2n) is 6.42. The van der Waals surface area contributed by atoms with Gasteiger partial charge in [-0.3, -0.25) is 4.99 Å². The number of hydrogen-bond acceptors (Lipinski definition) is 6. The van der Waals surface area contributed by atoms with Gasteiger partial charge in [0.15, 0.2) is 5.96 Å². The van der Waals surface area contributed by atoms with Gasteiger partial charge in [-0.25, -0.2) is 9.97 Å². The molecule has 2 aliphatic rings. The zero-order valence-electron chi connectivity index (χ0n) is 15.6. The van der Waals surface area contributed by atoms with Gasteiger partial charge in [0, 0.05) is 85.3 Å². The van der Waals surface area contributed by atoms with E-state index < -0.39 is 0 Å². The molecule has 0 radical (unpaired) electrons. The SMILES string of the molecule is CN=C(NCC1(OC)CCOCC1)N1CCN(c2ncccn2)CC1.I. The number of methoxy groups -OCH3 is 1. The fourth-order valence-electron chi connectivity index (χ4n) is 3.34. The van der Waals surface area contributed by atoms with Crippen molar-refractivity contribution in [2.45, 2.75) is 18.4 Å². The van der Waals surface area contributed by atoms with Crippen LogP contribution >= 0.6 is 24.0 Å². The molecule has 3 rings (SSSR count). The van der Waals surface area contributed by atoms with Crippen molar-refractivity contribution in [3.8, 4) is 0 Å². The Kier molecular flexibility index (Phi) is 8.29. The Bertz CT molecular complexity index is 560. The maximum atomic E-state index is 5.80. The summed E-state index contributed by atoms with van der Waals surface area (Å²) in [6, 6.07) is 1.84. The first kappa shape index (κ1) is 21.1. The number of guanidine groups is 1. The van der Waals surface area contributed by atoms with Crippen molar-refractivity contribution < 1.29 is 9.47 Å². The molecule has 2 aliphatic heterocycles. The highest BCUT2D eigenvalue weighted by Crippen LogP contribution is 2.23. The number of hydrogen-bond donors (Lipinski definition) is 1. The van der Waals surface area contributed by atoms with E-state index in [2.05, 4.69) is 30.1 Å². The number of aliphatic imine (C=N–C) groups is 1. The van der Waals surface area contributed by atoms with Crippen molar-refractivity contribution in [1.29, 1.82) is 0 Å². The number of aromatic nitrogens is 2. The minimum absolute atomic E-state index is 0. The van der Waals surface area contributed by atoms with Crippen molar-refractivity contribution in [3.05, 3.63) is 18.5 Å². The monoisotopic (exact) mass is 476 g/mol. The number of rotatable bonds is 4. The molecule has 146 valence electrons. The highest BCUT2D eigenvalue weighted by atomic mass is 127. The Morgan fingerprint density at radius 3 is 2.46 bits per heavy atom. The number of halogens is 1. The van der Waals surface area contributed by atoms with Crippen LogP contribution in [0, 0.1) is 0 Å². The predicted molar refractivity (Wildman–Crippen MR) is 112 cm³/mol. The van der Waals surface area contributed by atoms with E-state index in [1.165, 1.54) is 0 Å². The lowest BCUT2D eigenvalue weighted by atomic mass is 9.94. The zero-order chi connectivity index (χ0) is 17.5. The number of nitrogens with one attached hydrogen (secondary N) is 1. The van der Waals surface area contributed by atoms with E-state index in [-0.39, 0.29) is 29.6 Å². The molecule has 0 spiro atoms. The molecule has 3 heterocycles.